The zero-order valence-electron chi connectivity index (χ0n) is 12.0. The molecule has 0 spiro atoms. The number of carbonyl (C=O) groups excluding carboxylic acids is 1. The zero-order valence-corrected chi connectivity index (χ0v) is 12.0. The van der Waals surface area contributed by atoms with Crippen molar-refractivity contribution in [3.05, 3.63) is 54.1 Å². The number of rotatable bonds is 3. The molecule has 2 aromatic carbocycles. The van der Waals surface area contributed by atoms with Crippen LogP contribution in [0.5, 0.6) is 0 Å². The van der Waals surface area contributed by atoms with Gasteiger partial charge in [-0.1, -0.05) is 36.4 Å². The van der Waals surface area contributed by atoms with Crippen LogP contribution in [0.15, 0.2) is 48.6 Å². The summed E-state index contributed by atoms with van der Waals surface area (Å²) in [5, 5.41) is 5.12. The second-order valence-corrected chi connectivity index (χ2v) is 5.65. The number of carbonyl (C=O) groups is 1. The molecule has 108 valence electrons. The summed E-state index contributed by atoms with van der Waals surface area (Å²) in [6, 6.07) is 11.7. The highest BCUT2D eigenvalue weighted by atomic mass is 16.1. The molecule has 0 fully saturated rings. The fourth-order valence-corrected chi connectivity index (χ4v) is 2.83. The molecule has 1 amide bonds. The molecule has 3 heteroatoms. The smallest absolute Gasteiger partial charge is 0.253 e. The van der Waals surface area contributed by atoms with Gasteiger partial charge in [0.25, 0.3) is 5.91 Å². The van der Waals surface area contributed by atoms with Crippen LogP contribution in [0.3, 0.4) is 0 Å². The number of benzene rings is 2. The lowest BCUT2D eigenvalue weighted by molar-refractivity contribution is 0.0947. The number of fused-ring (bicyclic) bond motifs is 1. The molecule has 1 unspecified atom stereocenters. The highest BCUT2D eigenvalue weighted by molar-refractivity contribution is 6.03. The topological polar surface area (TPSA) is 55.1 Å². The Bertz CT molecular complexity index is 691. The van der Waals surface area contributed by atoms with Crippen LogP contribution in [0.1, 0.15) is 29.6 Å². The van der Waals surface area contributed by atoms with E-state index in [4.69, 9.17) is 5.73 Å². The lowest BCUT2D eigenvalue weighted by atomic mass is 9.94. The number of hydrogen-bond donors (Lipinski definition) is 2. The van der Waals surface area contributed by atoms with Gasteiger partial charge in [0.05, 0.1) is 5.56 Å². The molecule has 0 saturated heterocycles. The summed E-state index contributed by atoms with van der Waals surface area (Å²) < 4.78 is 0. The maximum atomic E-state index is 12.3. The van der Waals surface area contributed by atoms with Gasteiger partial charge >= 0.3 is 0 Å². The van der Waals surface area contributed by atoms with Crippen molar-refractivity contribution in [1.82, 2.24) is 5.32 Å². The van der Waals surface area contributed by atoms with Gasteiger partial charge in [-0.25, -0.2) is 0 Å². The van der Waals surface area contributed by atoms with Gasteiger partial charge in [0.15, 0.2) is 0 Å². The summed E-state index contributed by atoms with van der Waals surface area (Å²) in [7, 11) is 0. The van der Waals surface area contributed by atoms with E-state index in [1.165, 1.54) is 0 Å². The monoisotopic (exact) mass is 280 g/mol. The van der Waals surface area contributed by atoms with Crippen molar-refractivity contribution in [2.24, 2.45) is 5.92 Å². The lowest BCUT2D eigenvalue weighted by Gasteiger charge is -2.18. The van der Waals surface area contributed by atoms with Crippen LogP contribution in [0.2, 0.25) is 0 Å². The molecular weight excluding hydrogens is 260 g/mol. The molecule has 3 nitrogen and oxygen atoms in total. The summed E-state index contributed by atoms with van der Waals surface area (Å²) >= 11 is 0. The highest BCUT2D eigenvalue weighted by Crippen LogP contribution is 2.22. The van der Waals surface area contributed by atoms with E-state index in [9.17, 15) is 4.79 Å². The maximum Gasteiger partial charge on any atom is 0.253 e. The zero-order chi connectivity index (χ0) is 14.7. The van der Waals surface area contributed by atoms with Crippen molar-refractivity contribution in [2.75, 3.05) is 12.3 Å². The number of allylic oxidation sites excluding steroid dienone is 2. The second-order valence-electron chi connectivity index (χ2n) is 5.65. The number of amides is 1. The summed E-state index contributed by atoms with van der Waals surface area (Å²) in [5.74, 6) is 0.466. The van der Waals surface area contributed by atoms with Gasteiger partial charge in [-0.15, -0.1) is 0 Å². The van der Waals surface area contributed by atoms with Gasteiger partial charge in [0, 0.05) is 12.2 Å². The van der Waals surface area contributed by atoms with Gasteiger partial charge in [-0.2, -0.15) is 0 Å². The first-order valence-electron chi connectivity index (χ1n) is 7.45. The average Bonchev–Trinajstić information content (AvgIpc) is 2.53. The standard InChI is InChI=1S/C18H20N2O/c19-17-11-15-9-5-4-8-14(15)10-16(17)18(21)20-12-13-6-2-1-3-7-13/h1-2,4-5,8-11,13H,3,6-7,12,19H2,(H,20,21). The van der Waals surface area contributed by atoms with Crippen LogP contribution >= 0.6 is 0 Å². The van der Waals surface area contributed by atoms with Gasteiger partial charge in [-0.05, 0) is 48.1 Å². The van der Waals surface area contributed by atoms with E-state index in [1.807, 2.05) is 36.4 Å². The molecule has 1 aliphatic rings. The van der Waals surface area contributed by atoms with E-state index >= 15 is 0 Å². The molecule has 21 heavy (non-hydrogen) atoms. The molecule has 0 heterocycles. The summed E-state index contributed by atoms with van der Waals surface area (Å²) in [6.45, 7) is 0.718. The quantitative estimate of drug-likeness (QED) is 0.667. The minimum absolute atomic E-state index is 0.0761. The molecule has 1 atom stereocenters. The van der Waals surface area contributed by atoms with Crippen LogP contribution in [0.4, 0.5) is 5.69 Å². The lowest BCUT2D eigenvalue weighted by Crippen LogP contribution is -2.30. The minimum Gasteiger partial charge on any atom is -0.398 e. The van der Waals surface area contributed by atoms with Gasteiger partial charge in [-0.3, -0.25) is 4.79 Å². The highest BCUT2D eigenvalue weighted by Gasteiger charge is 2.14. The molecule has 3 rings (SSSR count). The Morgan fingerprint density at radius 1 is 1.19 bits per heavy atom. The van der Waals surface area contributed by atoms with E-state index in [1.54, 1.807) is 0 Å². The predicted octanol–water partition coefficient (Wildman–Crippen LogP) is 3.51. The van der Waals surface area contributed by atoms with Crippen LogP contribution < -0.4 is 11.1 Å². The number of anilines is 1. The van der Waals surface area contributed by atoms with E-state index < -0.39 is 0 Å². The Hall–Kier alpha value is -2.29. The minimum atomic E-state index is -0.0761. The predicted molar refractivity (Wildman–Crippen MR) is 87.2 cm³/mol. The van der Waals surface area contributed by atoms with E-state index in [2.05, 4.69) is 17.5 Å². The Balaban J connectivity index is 1.74. The molecule has 2 aromatic rings. The van der Waals surface area contributed by atoms with Crippen molar-refractivity contribution < 1.29 is 4.79 Å². The maximum absolute atomic E-state index is 12.3. The first kappa shape index (κ1) is 13.7. The molecule has 3 N–H and O–H groups in total. The summed E-state index contributed by atoms with van der Waals surface area (Å²) in [5.41, 5.74) is 7.13. The number of nitrogens with one attached hydrogen (secondary N) is 1. The molecule has 0 radical (unpaired) electrons. The molecule has 0 aliphatic heterocycles. The Kier molecular flexibility index (Phi) is 3.91. The van der Waals surface area contributed by atoms with Gasteiger partial charge in [0.1, 0.15) is 0 Å². The normalized spacial score (nSPS) is 17.8. The molecule has 0 bridgehead atoms. The Morgan fingerprint density at radius 2 is 1.95 bits per heavy atom. The van der Waals surface area contributed by atoms with Crippen molar-refractivity contribution in [3.8, 4) is 0 Å². The fourth-order valence-electron chi connectivity index (χ4n) is 2.83. The third-order valence-electron chi connectivity index (χ3n) is 4.09. The van der Waals surface area contributed by atoms with Crippen LogP contribution in [0, 0.1) is 5.92 Å². The largest absolute Gasteiger partial charge is 0.398 e. The second kappa shape index (κ2) is 6.00. The Morgan fingerprint density at radius 3 is 2.67 bits per heavy atom. The molecule has 1 aliphatic carbocycles. The van der Waals surface area contributed by atoms with Crippen molar-refractivity contribution >= 4 is 22.4 Å². The van der Waals surface area contributed by atoms with Crippen LogP contribution in [0.25, 0.3) is 10.8 Å². The van der Waals surface area contributed by atoms with Gasteiger partial charge < -0.3 is 11.1 Å². The number of hydrogen-bond acceptors (Lipinski definition) is 2. The molecular formula is C18H20N2O. The van der Waals surface area contributed by atoms with Gasteiger partial charge in [0.2, 0.25) is 0 Å². The summed E-state index contributed by atoms with van der Waals surface area (Å²) in [4.78, 5) is 12.3. The summed E-state index contributed by atoms with van der Waals surface area (Å²) in [6.07, 6.45) is 7.71. The molecule has 0 saturated carbocycles. The third-order valence-corrected chi connectivity index (χ3v) is 4.09. The van der Waals surface area contributed by atoms with Crippen molar-refractivity contribution in [1.29, 1.82) is 0 Å². The average molecular weight is 280 g/mol. The van der Waals surface area contributed by atoms with E-state index in [0.29, 0.717) is 17.2 Å². The van der Waals surface area contributed by atoms with Crippen LogP contribution in [-0.2, 0) is 0 Å². The van der Waals surface area contributed by atoms with E-state index in [-0.39, 0.29) is 5.91 Å². The fraction of sp³-hybridized carbons (Fsp3) is 0.278. The first-order valence-corrected chi connectivity index (χ1v) is 7.45. The van der Waals surface area contributed by atoms with Crippen molar-refractivity contribution in [2.45, 2.75) is 19.3 Å². The molecule has 0 aromatic heterocycles. The number of nitrogens with two attached hydrogens (primary N) is 1. The Labute approximate surface area is 124 Å². The number of nitrogen functional groups attached to an aromatic ring is 1. The van der Waals surface area contributed by atoms with Crippen LogP contribution in [-0.4, -0.2) is 12.5 Å². The van der Waals surface area contributed by atoms with E-state index in [0.717, 1.165) is 36.6 Å². The van der Waals surface area contributed by atoms with Crippen molar-refractivity contribution in [3.63, 3.8) is 0 Å². The first-order chi connectivity index (χ1) is 10.2. The SMILES string of the molecule is Nc1cc2ccccc2cc1C(=O)NCC1CC=CCC1. The third kappa shape index (κ3) is 3.07.